The minimum absolute atomic E-state index is 0.280. The first-order valence-corrected chi connectivity index (χ1v) is 5.01. The van der Waals surface area contributed by atoms with Gasteiger partial charge in [-0.15, -0.1) is 13.2 Å². The summed E-state index contributed by atoms with van der Waals surface area (Å²) in [5, 5.41) is -0.987. The summed E-state index contributed by atoms with van der Waals surface area (Å²) in [7, 11) is 0. The Balaban J connectivity index is 3.18. The van der Waals surface area contributed by atoms with E-state index in [9.17, 15) is 18.0 Å². The number of hydrogen-bond donors (Lipinski definition) is 0. The van der Waals surface area contributed by atoms with E-state index in [1.165, 1.54) is 12.1 Å². The number of halogens is 5. The van der Waals surface area contributed by atoms with Crippen LogP contribution >= 0.6 is 34.2 Å². The molecule has 0 aliphatic carbocycles. The van der Waals surface area contributed by atoms with E-state index in [0.717, 1.165) is 6.07 Å². The second-order valence-electron chi connectivity index (χ2n) is 2.43. The summed E-state index contributed by atoms with van der Waals surface area (Å²) >= 11 is 6.85. The summed E-state index contributed by atoms with van der Waals surface area (Å²) in [6.07, 6.45) is -4.84. The highest BCUT2D eigenvalue weighted by Gasteiger charge is 2.33. The third-order valence-electron chi connectivity index (χ3n) is 1.40. The molecule has 0 fully saturated rings. The maximum absolute atomic E-state index is 11.9. The van der Waals surface area contributed by atoms with Gasteiger partial charge in [0.15, 0.2) is 0 Å². The van der Waals surface area contributed by atoms with Crippen molar-refractivity contribution in [3.8, 4) is 5.75 Å². The normalized spacial score (nSPS) is 11.3. The number of hydrogen-bond acceptors (Lipinski definition) is 2. The van der Waals surface area contributed by atoms with Gasteiger partial charge in [-0.25, -0.2) is 0 Å². The number of rotatable bonds is 2. The predicted molar refractivity (Wildman–Crippen MR) is 56.0 cm³/mol. The van der Waals surface area contributed by atoms with E-state index in [4.69, 9.17) is 11.6 Å². The average Bonchev–Trinajstić information content (AvgIpc) is 1.99. The van der Waals surface area contributed by atoms with Gasteiger partial charge in [0.05, 0.1) is 5.56 Å². The standard InChI is InChI=1S/C8H3ClF3IO2/c9-7(14)6-4(13)2-1-3-5(6)15-8(10,11)12/h1-3H. The number of benzene rings is 1. The van der Waals surface area contributed by atoms with E-state index in [1.807, 2.05) is 0 Å². The van der Waals surface area contributed by atoms with Crippen molar-refractivity contribution in [2.75, 3.05) is 0 Å². The molecule has 1 aromatic carbocycles. The molecule has 0 saturated carbocycles. The van der Waals surface area contributed by atoms with Crippen molar-refractivity contribution in [3.63, 3.8) is 0 Å². The summed E-state index contributed by atoms with van der Waals surface area (Å²) < 4.78 is 39.8. The van der Waals surface area contributed by atoms with Crippen LogP contribution in [-0.4, -0.2) is 11.6 Å². The SMILES string of the molecule is O=C(Cl)c1c(I)cccc1OC(F)(F)F. The maximum atomic E-state index is 11.9. The molecule has 15 heavy (non-hydrogen) atoms. The Morgan fingerprint density at radius 2 is 2.00 bits per heavy atom. The molecule has 82 valence electrons. The van der Waals surface area contributed by atoms with Gasteiger partial charge >= 0.3 is 6.36 Å². The van der Waals surface area contributed by atoms with Gasteiger partial charge in [0.1, 0.15) is 5.75 Å². The molecule has 0 spiro atoms. The van der Waals surface area contributed by atoms with Crippen LogP contribution in [0.25, 0.3) is 0 Å². The van der Waals surface area contributed by atoms with E-state index in [1.54, 1.807) is 22.6 Å². The Bertz CT molecular complexity index is 392. The molecule has 0 aliphatic heterocycles. The van der Waals surface area contributed by atoms with Crippen molar-refractivity contribution in [1.82, 2.24) is 0 Å². The fraction of sp³-hybridized carbons (Fsp3) is 0.125. The average molecular weight is 350 g/mol. The molecular weight excluding hydrogens is 347 g/mol. The zero-order chi connectivity index (χ0) is 11.6. The van der Waals surface area contributed by atoms with Crippen LogP contribution in [0.5, 0.6) is 5.75 Å². The quantitative estimate of drug-likeness (QED) is 0.602. The lowest BCUT2D eigenvalue weighted by molar-refractivity contribution is -0.274. The van der Waals surface area contributed by atoms with Crippen LogP contribution in [0, 0.1) is 3.57 Å². The number of ether oxygens (including phenoxy) is 1. The van der Waals surface area contributed by atoms with Gasteiger partial charge in [0.2, 0.25) is 0 Å². The van der Waals surface area contributed by atoms with Crippen molar-refractivity contribution in [3.05, 3.63) is 27.3 Å². The van der Waals surface area contributed by atoms with E-state index in [0.29, 0.717) is 3.57 Å². The summed E-state index contributed by atoms with van der Waals surface area (Å²) in [5.74, 6) is -0.589. The Morgan fingerprint density at radius 1 is 1.40 bits per heavy atom. The lowest BCUT2D eigenvalue weighted by atomic mass is 10.2. The highest BCUT2D eigenvalue weighted by Crippen LogP contribution is 2.30. The molecule has 0 radical (unpaired) electrons. The second-order valence-corrected chi connectivity index (χ2v) is 3.94. The molecule has 0 heterocycles. The van der Waals surface area contributed by atoms with Gasteiger partial charge in [-0.1, -0.05) is 6.07 Å². The minimum atomic E-state index is -4.84. The van der Waals surface area contributed by atoms with E-state index < -0.39 is 17.4 Å². The first-order valence-electron chi connectivity index (χ1n) is 3.55. The van der Waals surface area contributed by atoms with Crippen molar-refractivity contribution < 1.29 is 22.7 Å². The van der Waals surface area contributed by atoms with E-state index in [2.05, 4.69) is 4.74 Å². The molecule has 0 N–H and O–H groups in total. The maximum Gasteiger partial charge on any atom is 0.573 e. The Kier molecular flexibility index (Phi) is 3.82. The van der Waals surface area contributed by atoms with Crippen molar-refractivity contribution >= 4 is 39.4 Å². The van der Waals surface area contributed by atoms with Crippen LogP contribution in [0.1, 0.15) is 10.4 Å². The first kappa shape index (κ1) is 12.6. The van der Waals surface area contributed by atoms with E-state index >= 15 is 0 Å². The highest BCUT2D eigenvalue weighted by molar-refractivity contribution is 14.1. The van der Waals surface area contributed by atoms with Crippen LogP contribution in [0.3, 0.4) is 0 Å². The number of carbonyl (C=O) groups is 1. The molecule has 0 amide bonds. The summed E-state index contributed by atoms with van der Waals surface area (Å²) in [4.78, 5) is 10.9. The lowest BCUT2D eigenvalue weighted by Crippen LogP contribution is -2.18. The highest BCUT2D eigenvalue weighted by atomic mass is 127. The summed E-state index contributed by atoms with van der Waals surface area (Å²) in [6, 6.07) is 3.83. The van der Waals surface area contributed by atoms with Crippen LogP contribution in [0.4, 0.5) is 13.2 Å². The van der Waals surface area contributed by atoms with Gasteiger partial charge in [-0.2, -0.15) is 0 Å². The molecule has 1 rings (SSSR count). The minimum Gasteiger partial charge on any atom is -0.405 e. The van der Waals surface area contributed by atoms with Crippen LogP contribution in [0.2, 0.25) is 0 Å². The molecule has 0 bridgehead atoms. The molecule has 0 unspecified atom stereocenters. The van der Waals surface area contributed by atoms with Gasteiger partial charge in [-0.3, -0.25) is 4.79 Å². The molecule has 0 aromatic heterocycles. The fourth-order valence-corrected chi connectivity index (χ4v) is 1.98. The predicted octanol–water partition coefficient (Wildman–Crippen LogP) is 3.57. The van der Waals surface area contributed by atoms with Crippen molar-refractivity contribution in [2.45, 2.75) is 6.36 Å². The monoisotopic (exact) mass is 350 g/mol. The molecule has 2 nitrogen and oxygen atoms in total. The van der Waals surface area contributed by atoms with Gasteiger partial charge in [-0.05, 0) is 46.3 Å². The third kappa shape index (κ3) is 3.53. The topological polar surface area (TPSA) is 26.3 Å². The smallest absolute Gasteiger partial charge is 0.405 e. The zero-order valence-electron chi connectivity index (χ0n) is 6.94. The number of alkyl halides is 3. The molecule has 1 aromatic rings. The van der Waals surface area contributed by atoms with Crippen molar-refractivity contribution in [1.29, 1.82) is 0 Å². The van der Waals surface area contributed by atoms with Crippen LogP contribution in [-0.2, 0) is 0 Å². The molecule has 0 atom stereocenters. The Labute approximate surface area is 101 Å². The summed E-state index contributed by atoms with van der Waals surface area (Å²) in [6.45, 7) is 0. The van der Waals surface area contributed by atoms with Crippen LogP contribution < -0.4 is 4.74 Å². The zero-order valence-corrected chi connectivity index (χ0v) is 9.85. The number of carbonyl (C=O) groups excluding carboxylic acids is 1. The third-order valence-corrected chi connectivity index (χ3v) is 2.49. The Morgan fingerprint density at radius 3 is 2.47 bits per heavy atom. The van der Waals surface area contributed by atoms with Crippen molar-refractivity contribution in [2.24, 2.45) is 0 Å². The van der Waals surface area contributed by atoms with E-state index in [-0.39, 0.29) is 5.56 Å². The van der Waals surface area contributed by atoms with Gasteiger partial charge in [0, 0.05) is 3.57 Å². The molecule has 0 saturated heterocycles. The molecule has 7 heteroatoms. The largest absolute Gasteiger partial charge is 0.573 e. The first-order chi connectivity index (χ1) is 6.81. The molecular formula is C8H3ClF3IO2. The second kappa shape index (κ2) is 4.56. The summed E-state index contributed by atoms with van der Waals surface area (Å²) in [5.41, 5.74) is -0.280. The molecule has 0 aliphatic rings. The van der Waals surface area contributed by atoms with Crippen LogP contribution in [0.15, 0.2) is 18.2 Å². The Hall–Kier alpha value is -0.500. The lowest BCUT2D eigenvalue weighted by Gasteiger charge is -2.11. The van der Waals surface area contributed by atoms with Gasteiger partial charge < -0.3 is 4.74 Å². The fourth-order valence-electron chi connectivity index (χ4n) is 0.905. The van der Waals surface area contributed by atoms with Gasteiger partial charge in [0.25, 0.3) is 5.24 Å².